The molecule has 0 aliphatic heterocycles. The molecule has 0 saturated heterocycles. The maximum atomic E-state index is 11.5. The van der Waals surface area contributed by atoms with Crippen LogP contribution in [0.15, 0.2) is 24.3 Å². The number of sulfone groups is 1. The van der Waals surface area contributed by atoms with Gasteiger partial charge in [-0.3, -0.25) is 0 Å². The van der Waals surface area contributed by atoms with Crippen molar-refractivity contribution >= 4 is 33.0 Å². The molecular formula is C13H18Cl2O2S. The van der Waals surface area contributed by atoms with Crippen molar-refractivity contribution in [1.82, 2.24) is 0 Å². The number of benzene rings is 1. The second-order valence-electron chi connectivity index (χ2n) is 4.38. The van der Waals surface area contributed by atoms with Gasteiger partial charge in [-0.05, 0) is 36.5 Å². The average Bonchev–Trinajstić information content (AvgIpc) is 2.34. The normalized spacial score (nSPS) is 13.5. The summed E-state index contributed by atoms with van der Waals surface area (Å²) in [5.41, 5.74) is 1.10. The van der Waals surface area contributed by atoms with Crippen molar-refractivity contribution in [3.05, 3.63) is 34.9 Å². The summed E-state index contributed by atoms with van der Waals surface area (Å²) < 4.78 is 22.9. The Hall–Kier alpha value is -0.250. The Bertz CT molecular complexity index is 472. The zero-order valence-corrected chi connectivity index (χ0v) is 12.7. The largest absolute Gasteiger partial charge is 0.229 e. The summed E-state index contributed by atoms with van der Waals surface area (Å²) >= 11 is 11.8. The third kappa shape index (κ3) is 5.59. The molecule has 0 aromatic heterocycles. The maximum absolute atomic E-state index is 11.5. The van der Waals surface area contributed by atoms with Gasteiger partial charge in [0.05, 0.1) is 5.75 Å². The van der Waals surface area contributed by atoms with E-state index in [0.29, 0.717) is 17.3 Å². The van der Waals surface area contributed by atoms with Gasteiger partial charge < -0.3 is 0 Å². The van der Waals surface area contributed by atoms with Crippen molar-refractivity contribution in [2.45, 2.75) is 19.8 Å². The van der Waals surface area contributed by atoms with Crippen molar-refractivity contribution in [3.63, 3.8) is 0 Å². The second-order valence-corrected chi connectivity index (χ2v) is 7.60. The average molecular weight is 309 g/mol. The third-order valence-corrected chi connectivity index (χ3v) is 5.32. The highest BCUT2D eigenvalue weighted by atomic mass is 35.5. The summed E-state index contributed by atoms with van der Waals surface area (Å²) in [6.07, 6.45) is 1.37. The van der Waals surface area contributed by atoms with Crippen LogP contribution in [0.2, 0.25) is 5.02 Å². The molecule has 1 aromatic rings. The van der Waals surface area contributed by atoms with E-state index in [1.165, 1.54) is 0 Å². The maximum Gasteiger partial charge on any atom is 0.150 e. The van der Waals surface area contributed by atoms with Crippen LogP contribution in [0.3, 0.4) is 0 Å². The lowest BCUT2D eigenvalue weighted by Crippen LogP contribution is -2.15. The SMILES string of the molecule is CCS(=O)(=O)CCC(CCl)Cc1cccc(Cl)c1. The van der Waals surface area contributed by atoms with Crippen molar-refractivity contribution in [3.8, 4) is 0 Å². The molecule has 0 bridgehead atoms. The molecule has 1 rings (SSSR count). The minimum atomic E-state index is -2.91. The summed E-state index contributed by atoms with van der Waals surface area (Å²) in [4.78, 5) is 0. The summed E-state index contributed by atoms with van der Waals surface area (Å²) in [5.74, 6) is 1.04. The summed E-state index contributed by atoms with van der Waals surface area (Å²) in [6, 6.07) is 7.60. The number of halogens is 2. The number of hydrogen-bond donors (Lipinski definition) is 0. The van der Waals surface area contributed by atoms with E-state index in [0.717, 1.165) is 12.0 Å². The number of rotatable bonds is 7. The lowest BCUT2D eigenvalue weighted by molar-refractivity contribution is 0.548. The molecule has 0 fully saturated rings. The standard InChI is InChI=1S/C13H18Cl2O2S/c1-2-18(16,17)7-6-12(10-14)8-11-4-3-5-13(15)9-11/h3-5,9,12H,2,6-8,10H2,1H3. The van der Waals surface area contributed by atoms with Gasteiger partial charge >= 0.3 is 0 Å². The first kappa shape index (κ1) is 15.8. The van der Waals surface area contributed by atoms with Gasteiger partial charge in [0.2, 0.25) is 0 Å². The molecule has 0 saturated carbocycles. The van der Waals surface area contributed by atoms with Gasteiger partial charge in [-0.15, -0.1) is 11.6 Å². The summed E-state index contributed by atoms with van der Waals surface area (Å²) in [7, 11) is -2.91. The fourth-order valence-electron chi connectivity index (χ4n) is 1.72. The van der Waals surface area contributed by atoms with Crippen LogP contribution in [0.25, 0.3) is 0 Å². The molecule has 18 heavy (non-hydrogen) atoms. The Labute approximate surface area is 119 Å². The Morgan fingerprint density at radius 2 is 2.06 bits per heavy atom. The van der Waals surface area contributed by atoms with Gasteiger partial charge in [0.15, 0.2) is 0 Å². The first-order chi connectivity index (χ1) is 8.46. The quantitative estimate of drug-likeness (QED) is 0.722. The molecule has 2 nitrogen and oxygen atoms in total. The topological polar surface area (TPSA) is 34.1 Å². The molecular weight excluding hydrogens is 291 g/mol. The molecule has 1 atom stereocenters. The highest BCUT2D eigenvalue weighted by Gasteiger charge is 2.14. The van der Waals surface area contributed by atoms with Crippen molar-refractivity contribution in [2.24, 2.45) is 5.92 Å². The highest BCUT2D eigenvalue weighted by molar-refractivity contribution is 7.91. The van der Waals surface area contributed by atoms with Gasteiger partial charge in [0.1, 0.15) is 9.84 Å². The van der Waals surface area contributed by atoms with E-state index in [-0.39, 0.29) is 17.4 Å². The van der Waals surface area contributed by atoms with E-state index in [1.807, 2.05) is 24.3 Å². The Morgan fingerprint density at radius 3 is 2.61 bits per heavy atom. The predicted molar refractivity (Wildman–Crippen MR) is 78.3 cm³/mol. The van der Waals surface area contributed by atoms with Gasteiger partial charge in [-0.1, -0.05) is 30.7 Å². The molecule has 0 amide bonds. The number of alkyl halides is 1. The van der Waals surface area contributed by atoms with Crippen LogP contribution >= 0.6 is 23.2 Å². The van der Waals surface area contributed by atoms with Crippen LogP contribution in [-0.4, -0.2) is 25.8 Å². The van der Waals surface area contributed by atoms with Crippen LogP contribution in [0, 0.1) is 5.92 Å². The molecule has 5 heteroatoms. The van der Waals surface area contributed by atoms with Crippen LogP contribution in [0.1, 0.15) is 18.9 Å². The van der Waals surface area contributed by atoms with E-state index in [1.54, 1.807) is 6.92 Å². The van der Waals surface area contributed by atoms with Gasteiger partial charge in [-0.25, -0.2) is 8.42 Å². The number of hydrogen-bond acceptors (Lipinski definition) is 2. The summed E-state index contributed by atoms with van der Waals surface area (Å²) in [5, 5.41) is 0.696. The molecule has 0 radical (unpaired) electrons. The molecule has 0 aliphatic carbocycles. The highest BCUT2D eigenvalue weighted by Crippen LogP contribution is 2.18. The predicted octanol–water partition coefficient (Wildman–Crippen LogP) is 3.56. The zero-order valence-electron chi connectivity index (χ0n) is 10.4. The monoisotopic (exact) mass is 308 g/mol. The lowest BCUT2D eigenvalue weighted by atomic mass is 9.99. The molecule has 0 aliphatic rings. The Kier molecular flexibility index (Phi) is 6.47. The van der Waals surface area contributed by atoms with Gasteiger partial charge in [-0.2, -0.15) is 0 Å². The molecule has 0 heterocycles. The van der Waals surface area contributed by atoms with Crippen molar-refractivity contribution in [2.75, 3.05) is 17.4 Å². The van der Waals surface area contributed by atoms with Gasteiger partial charge in [0.25, 0.3) is 0 Å². The van der Waals surface area contributed by atoms with Crippen LogP contribution < -0.4 is 0 Å². The Morgan fingerprint density at radius 1 is 1.33 bits per heavy atom. The fraction of sp³-hybridized carbons (Fsp3) is 0.538. The van der Waals surface area contributed by atoms with Crippen molar-refractivity contribution in [1.29, 1.82) is 0 Å². The minimum Gasteiger partial charge on any atom is -0.229 e. The first-order valence-electron chi connectivity index (χ1n) is 5.97. The van der Waals surface area contributed by atoms with E-state index >= 15 is 0 Å². The first-order valence-corrected chi connectivity index (χ1v) is 8.71. The molecule has 0 N–H and O–H groups in total. The molecule has 0 spiro atoms. The van der Waals surface area contributed by atoms with Crippen LogP contribution in [0.5, 0.6) is 0 Å². The fourth-order valence-corrected chi connectivity index (χ4v) is 3.18. The molecule has 102 valence electrons. The van der Waals surface area contributed by atoms with E-state index in [2.05, 4.69) is 0 Å². The van der Waals surface area contributed by atoms with E-state index in [4.69, 9.17) is 23.2 Å². The van der Waals surface area contributed by atoms with E-state index in [9.17, 15) is 8.42 Å². The van der Waals surface area contributed by atoms with Crippen LogP contribution in [-0.2, 0) is 16.3 Å². The third-order valence-electron chi connectivity index (χ3n) is 2.91. The Balaban J connectivity index is 2.57. The van der Waals surface area contributed by atoms with E-state index < -0.39 is 9.84 Å². The van der Waals surface area contributed by atoms with Crippen LogP contribution in [0.4, 0.5) is 0 Å². The van der Waals surface area contributed by atoms with Gasteiger partial charge in [0, 0.05) is 16.7 Å². The molecule has 1 unspecified atom stereocenters. The lowest BCUT2D eigenvalue weighted by Gasteiger charge is -2.13. The second kappa shape index (κ2) is 7.37. The van der Waals surface area contributed by atoms with Crippen molar-refractivity contribution < 1.29 is 8.42 Å². The minimum absolute atomic E-state index is 0.173. The zero-order chi connectivity index (χ0) is 13.6. The summed E-state index contributed by atoms with van der Waals surface area (Å²) in [6.45, 7) is 1.67. The molecule has 1 aromatic carbocycles. The smallest absolute Gasteiger partial charge is 0.150 e.